The van der Waals surface area contributed by atoms with Gasteiger partial charge in [-0.15, -0.1) is 15.0 Å². The van der Waals surface area contributed by atoms with Gasteiger partial charge in [-0.05, 0) is 30.7 Å². The van der Waals surface area contributed by atoms with Crippen LogP contribution in [0.3, 0.4) is 0 Å². The number of hydrogen-bond acceptors (Lipinski definition) is 5. The van der Waals surface area contributed by atoms with Gasteiger partial charge in [0.1, 0.15) is 16.7 Å². The molecule has 22 heavy (non-hydrogen) atoms. The minimum atomic E-state index is -0.644. The Bertz CT molecular complexity index is 850. The first kappa shape index (κ1) is 13.8. The Balaban J connectivity index is 2.12. The zero-order valence-corrected chi connectivity index (χ0v) is 11.9. The molecule has 110 valence electrons. The van der Waals surface area contributed by atoms with Gasteiger partial charge in [-0.1, -0.05) is 24.8 Å². The third-order valence-corrected chi connectivity index (χ3v) is 3.18. The first-order chi connectivity index (χ1) is 10.6. The smallest absolute Gasteiger partial charge is 0.335 e. The molecule has 2 aromatic carbocycles. The van der Waals surface area contributed by atoms with Crippen molar-refractivity contribution in [1.29, 1.82) is 0 Å². The third-order valence-electron chi connectivity index (χ3n) is 3.18. The van der Waals surface area contributed by atoms with Crippen LogP contribution in [0.4, 0.5) is 0 Å². The van der Waals surface area contributed by atoms with Crippen molar-refractivity contribution in [3.8, 4) is 17.2 Å². The highest BCUT2D eigenvalue weighted by atomic mass is 16.5. The quantitative estimate of drug-likeness (QED) is 0.456. The van der Waals surface area contributed by atoms with Gasteiger partial charge in [0.05, 0.1) is 0 Å². The Labute approximate surface area is 126 Å². The zero-order valence-electron chi connectivity index (χ0n) is 11.9. The molecule has 0 fully saturated rings. The summed E-state index contributed by atoms with van der Waals surface area (Å²) in [5.74, 6) is -0.770. The van der Waals surface area contributed by atoms with Crippen LogP contribution >= 0.6 is 0 Å². The van der Waals surface area contributed by atoms with Gasteiger partial charge in [-0.3, -0.25) is 0 Å². The molecule has 0 aliphatic carbocycles. The fraction of sp³-hybridized carbons (Fsp3) is 0.0625. The van der Waals surface area contributed by atoms with E-state index in [0.29, 0.717) is 22.3 Å². The molecule has 0 aliphatic heterocycles. The maximum Gasteiger partial charge on any atom is 0.335 e. The molecule has 1 N–H and O–H groups in total. The standard InChI is InChI=1S/C16H13N3O3/c1-3-14(20)22-16-10(2)8-9-13(15(16)21)19-17-11-6-4-5-7-12(11)18-19/h3-9,21H,1H2,2H3. The lowest BCUT2D eigenvalue weighted by Gasteiger charge is -2.11. The molecule has 0 amide bonds. The SMILES string of the molecule is C=CC(=O)Oc1c(C)ccc(-n2nc3ccccc3n2)c1O. The monoisotopic (exact) mass is 295 g/mol. The maximum atomic E-state index is 11.4. The summed E-state index contributed by atoms with van der Waals surface area (Å²) in [6.45, 7) is 5.06. The van der Waals surface area contributed by atoms with E-state index in [-0.39, 0.29) is 11.5 Å². The van der Waals surface area contributed by atoms with Gasteiger partial charge >= 0.3 is 5.97 Å². The van der Waals surface area contributed by atoms with Crippen LogP contribution in [0.2, 0.25) is 0 Å². The number of benzene rings is 2. The molecule has 0 unspecified atom stereocenters. The van der Waals surface area contributed by atoms with E-state index in [1.807, 2.05) is 24.3 Å². The van der Waals surface area contributed by atoms with Crippen molar-refractivity contribution in [3.05, 3.63) is 54.6 Å². The number of phenols is 1. The number of nitrogens with zero attached hydrogens (tertiary/aromatic N) is 3. The largest absolute Gasteiger partial charge is 0.503 e. The molecule has 6 heteroatoms. The highest BCUT2D eigenvalue weighted by Crippen LogP contribution is 2.35. The molecule has 0 saturated heterocycles. The molecule has 0 aliphatic rings. The molecular formula is C16H13N3O3. The van der Waals surface area contributed by atoms with E-state index < -0.39 is 5.97 Å². The van der Waals surface area contributed by atoms with E-state index in [2.05, 4.69) is 16.8 Å². The first-order valence-electron chi connectivity index (χ1n) is 6.59. The fourth-order valence-corrected chi connectivity index (χ4v) is 2.06. The Morgan fingerprint density at radius 3 is 2.45 bits per heavy atom. The van der Waals surface area contributed by atoms with E-state index in [0.717, 1.165) is 6.08 Å². The summed E-state index contributed by atoms with van der Waals surface area (Å²) >= 11 is 0. The second-order valence-electron chi connectivity index (χ2n) is 4.68. The van der Waals surface area contributed by atoms with Crippen molar-refractivity contribution in [1.82, 2.24) is 15.0 Å². The Morgan fingerprint density at radius 1 is 1.23 bits per heavy atom. The number of esters is 1. The van der Waals surface area contributed by atoms with E-state index in [4.69, 9.17) is 4.74 Å². The van der Waals surface area contributed by atoms with Crippen LogP contribution < -0.4 is 4.74 Å². The molecule has 1 heterocycles. The molecule has 0 atom stereocenters. The predicted molar refractivity (Wildman–Crippen MR) is 81.1 cm³/mol. The van der Waals surface area contributed by atoms with Crippen molar-refractivity contribution in [2.75, 3.05) is 0 Å². The fourth-order valence-electron chi connectivity index (χ4n) is 2.06. The van der Waals surface area contributed by atoms with Crippen molar-refractivity contribution >= 4 is 17.0 Å². The van der Waals surface area contributed by atoms with E-state index in [1.165, 1.54) is 4.80 Å². The van der Waals surface area contributed by atoms with Crippen LogP contribution in [0.25, 0.3) is 16.7 Å². The van der Waals surface area contributed by atoms with Crippen molar-refractivity contribution < 1.29 is 14.6 Å². The van der Waals surface area contributed by atoms with Crippen molar-refractivity contribution in [2.45, 2.75) is 6.92 Å². The van der Waals surface area contributed by atoms with Gasteiger partial charge in [0.2, 0.25) is 0 Å². The van der Waals surface area contributed by atoms with E-state index >= 15 is 0 Å². The van der Waals surface area contributed by atoms with Crippen LogP contribution in [-0.4, -0.2) is 26.1 Å². The van der Waals surface area contributed by atoms with Crippen LogP contribution in [0.5, 0.6) is 11.5 Å². The number of carbonyl (C=O) groups excluding carboxylic acids is 1. The maximum absolute atomic E-state index is 11.4. The topological polar surface area (TPSA) is 77.2 Å². The highest BCUT2D eigenvalue weighted by Gasteiger charge is 2.17. The number of ether oxygens (including phenoxy) is 1. The molecular weight excluding hydrogens is 282 g/mol. The van der Waals surface area contributed by atoms with Gasteiger partial charge < -0.3 is 9.84 Å². The van der Waals surface area contributed by atoms with Crippen LogP contribution in [0.1, 0.15) is 5.56 Å². The lowest BCUT2D eigenvalue weighted by Crippen LogP contribution is -2.07. The predicted octanol–water partition coefficient (Wildman–Crippen LogP) is 2.53. The molecule has 0 radical (unpaired) electrons. The van der Waals surface area contributed by atoms with Crippen LogP contribution in [0, 0.1) is 6.92 Å². The summed E-state index contributed by atoms with van der Waals surface area (Å²) in [5.41, 5.74) is 2.35. The van der Waals surface area contributed by atoms with Crippen LogP contribution in [0.15, 0.2) is 49.1 Å². The number of hydrogen-bond donors (Lipinski definition) is 1. The average molecular weight is 295 g/mol. The molecule has 0 bridgehead atoms. The lowest BCUT2D eigenvalue weighted by molar-refractivity contribution is -0.129. The number of phenolic OH excluding ortho intramolecular Hbond substituents is 1. The number of fused-ring (bicyclic) bond motifs is 1. The Hall–Kier alpha value is -3.15. The number of aromatic hydroxyl groups is 1. The minimum Gasteiger partial charge on any atom is -0.503 e. The van der Waals surface area contributed by atoms with Gasteiger partial charge in [0.25, 0.3) is 0 Å². The summed E-state index contributed by atoms with van der Waals surface area (Å²) in [4.78, 5) is 12.7. The summed E-state index contributed by atoms with van der Waals surface area (Å²) in [5, 5.41) is 19.0. The summed E-state index contributed by atoms with van der Waals surface area (Å²) in [6, 6.07) is 10.7. The first-order valence-corrected chi connectivity index (χ1v) is 6.59. The van der Waals surface area contributed by atoms with Crippen molar-refractivity contribution in [3.63, 3.8) is 0 Å². The summed E-state index contributed by atoms with van der Waals surface area (Å²) in [6.07, 6.45) is 1.03. The molecule has 6 nitrogen and oxygen atoms in total. The second kappa shape index (κ2) is 5.33. The Kier molecular flexibility index (Phi) is 3.34. The molecule has 3 rings (SSSR count). The normalized spacial score (nSPS) is 10.6. The third kappa shape index (κ3) is 2.31. The number of aryl methyl sites for hydroxylation is 1. The van der Waals surface area contributed by atoms with Gasteiger partial charge in [-0.25, -0.2) is 4.79 Å². The lowest BCUT2D eigenvalue weighted by atomic mass is 10.2. The molecule has 0 saturated carbocycles. The number of rotatable bonds is 3. The van der Waals surface area contributed by atoms with Gasteiger partial charge in [0, 0.05) is 6.08 Å². The van der Waals surface area contributed by atoms with Gasteiger partial charge in [-0.2, -0.15) is 0 Å². The Morgan fingerprint density at radius 2 is 1.86 bits per heavy atom. The number of aromatic nitrogens is 3. The van der Waals surface area contributed by atoms with E-state index in [9.17, 15) is 9.90 Å². The van der Waals surface area contributed by atoms with Crippen molar-refractivity contribution in [2.24, 2.45) is 0 Å². The highest BCUT2D eigenvalue weighted by molar-refractivity contribution is 5.84. The molecule has 0 spiro atoms. The molecule has 3 aromatic rings. The second-order valence-corrected chi connectivity index (χ2v) is 4.68. The van der Waals surface area contributed by atoms with Crippen LogP contribution in [-0.2, 0) is 4.79 Å². The molecule has 1 aromatic heterocycles. The summed E-state index contributed by atoms with van der Waals surface area (Å²) < 4.78 is 5.09. The average Bonchev–Trinajstić information content (AvgIpc) is 2.94. The van der Waals surface area contributed by atoms with Gasteiger partial charge in [0.15, 0.2) is 11.5 Å². The zero-order chi connectivity index (χ0) is 15.7. The number of carbonyl (C=O) groups is 1. The van der Waals surface area contributed by atoms with E-state index in [1.54, 1.807) is 19.1 Å². The minimum absolute atomic E-state index is 0.0729. The summed E-state index contributed by atoms with van der Waals surface area (Å²) in [7, 11) is 0.